The number of ether oxygens (including phenoxy) is 2. The van der Waals surface area contributed by atoms with E-state index in [9.17, 15) is 34.8 Å². The van der Waals surface area contributed by atoms with E-state index in [1.165, 1.54) is 18.2 Å². The highest BCUT2D eigenvalue weighted by Gasteiger charge is 2.31. The van der Waals surface area contributed by atoms with E-state index in [0.717, 1.165) is 12.1 Å². The highest BCUT2D eigenvalue weighted by molar-refractivity contribution is 7.89. The molecular formula is C17H13Cl2F6NO4S. The van der Waals surface area contributed by atoms with Crippen LogP contribution in [0.15, 0.2) is 41.3 Å². The molecule has 2 aromatic carbocycles. The van der Waals surface area contributed by atoms with Crippen molar-refractivity contribution in [2.45, 2.75) is 23.8 Å². The predicted octanol–water partition coefficient (Wildman–Crippen LogP) is 5.35. The summed E-state index contributed by atoms with van der Waals surface area (Å²) < 4.78 is 111. The van der Waals surface area contributed by atoms with E-state index in [1.54, 1.807) is 0 Å². The first-order valence-corrected chi connectivity index (χ1v) is 10.4. The van der Waals surface area contributed by atoms with E-state index in [4.69, 9.17) is 23.2 Å². The second-order valence-electron chi connectivity index (χ2n) is 5.98. The van der Waals surface area contributed by atoms with Crippen molar-refractivity contribution in [2.24, 2.45) is 0 Å². The number of benzene rings is 2. The summed E-state index contributed by atoms with van der Waals surface area (Å²) >= 11 is 11.8. The second-order valence-corrected chi connectivity index (χ2v) is 8.56. The smallest absolute Gasteiger partial charge is 0.422 e. The number of sulfonamides is 1. The molecule has 0 aromatic heterocycles. The van der Waals surface area contributed by atoms with E-state index in [1.807, 2.05) is 0 Å². The Morgan fingerprint density at radius 2 is 1.48 bits per heavy atom. The van der Waals surface area contributed by atoms with Gasteiger partial charge in [0.25, 0.3) is 0 Å². The number of hydrogen-bond donors (Lipinski definition) is 1. The molecule has 0 heterocycles. The van der Waals surface area contributed by atoms with Gasteiger partial charge in [-0.1, -0.05) is 23.2 Å². The second kappa shape index (κ2) is 9.72. The Morgan fingerprint density at radius 3 is 2.10 bits per heavy atom. The maximum atomic E-state index is 12.7. The van der Waals surface area contributed by atoms with Crippen molar-refractivity contribution in [3.63, 3.8) is 0 Å². The lowest BCUT2D eigenvalue weighted by molar-refractivity contribution is -0.154. The van der Waals surface area contributed by atoms with Crippen molar-refractivity contribution in [3.8, 4) is 11.5 Å². The van der Waals surface area contributed by atoms with Gasteiger partial charge in [0.2, 0.25) is 10.0 Å². The lowest BCUT2D eigenvalue weighted by atomic mass is 10.2. The van der Waals surface area contributed by atoms with Crippen LogP contribution in [0.1, 0.15) is 5.56 Å². The van der Waals surface area contributed by atoms with Gasteiger partial charge in [-0.15, -0.1) is 0 Å². The third kappa shape index (κ3) is 8.28. The molecule has 0 amide bonds. The van der Waals surface area contributed by atoms with Crippen molar-refractivity contribution in [1.29, 1.82) is 0 Å². The molecule has 0 aliphatic rings. The van der Waals surface area contributed by atoms with E-state index < -0.39 is 58.5 Å². The fraction of sp³-hybridized carbons (Fsp3) is 0.294. The third-order valence-electron chi connectivity index (χ3n) is 3.46. The van der Waals surface area contributed by atoms with Gasteiger partial charge in [-0.3, -0.25) is 0 Å². The normalized spacial score (nSPS) is 12.6. The van der Waals surface area contributed by atoms with E-state index in [2.05, 4.69) is 14.2 Å². The fourth-order valence-electron chi connectivity index (χ4n) is 2.16. The molecule has 172 valence electrons. The summed E-state index contributed by atoms with van der Waals surface area (Å²) in [6, 6.07) is 6.45. The van der Waals surface area contributed by atoms with Crippen molar-refractivity contribution >= 4 is 33.2 Å². The summed E-state index contributed by atoms with van der Waals surface area (Å²) in [5.74, 6) is -1.28. The van der Waals surface area contributed by atoms with Gasteiger partial charge in [0, 0.05) is 22.7 Å². The number of nitrogens with one attached hydrogen (secondary N) is 1. The SMILES string of the molecule is O=S(=O)(NCc1cc(Cl)ccc1Cl)c1cc(OCC(F)(F)F)ccc1OCC(F)(F)F. The number of rotatable bonds is 8. The van der Waals surface area contributed by atoms with Gasteiger partial charge >= 0.3 is 12.4 Å². The molecular weight excluding hydrogens is 499 g/mol. The van der Waals surface area contributed by atoms with Gasteiger partial charge < -0.3 is 9.47 Å². The van der Waals surface area contributed by atoms with Crippen LogP contribution in [0.5, 0.6) is 11.5 Å². The van der Waals surface area contributed by atoms with Gasteiger partial charge in [0.1, 0.15) is 16.4 Å². The Kier molecular flexibility index (Phi) is 7.95. The molecule has 0 unspecified atom stereocenters. The molecule has 2 aromatic rings. The average Bonchev–Trinajstić information content (AvgIpc) is 2.64. The molecule has 0 fully saturated rings. The number of halogens is 8. The molecule has 1 N–H and O–H groups in total. The highest BCUT2D eigenvalue weighted by Crippen LogP contribution is 2.31. The van der Waals surface area contributed by atoms with Gasteiger partial charge in [0.15, 0.2) is 13.2 Å². The first-order chi connectivity index (χ1) is 14.2. The summed E-state index contributed by atoms with van der Waals surface area (Å²) in [6.45, 7) is -3.97. The summed E-state index contributed by atoms with van der Waals surface area (Å²) in [5.41, 5.74) is 0.250. The van der Waals surface area contributed by atoms with E-state index in [-0.39, 0.29) is 15.6 Å². The molecule has 0 atom stereocenters. The molecule has 0 saturated heterocycles. The van der Waals surface area contributed by atoms with Crippen LogP contribution in [0.25, 0.3) is 0 Å². The predicted molar refractivity (Wildman–Crippen MR) is 100 cm³/mol. The van der Waals surface area contributed by atoms with Gasteiger partial charge in [-0.05, 0) is 35.9 Å². The van der Waals surface area contributed by atoms with Crippen LogP contribution in [-0.4, -0.2) is 34.0 Å². The maximum Gasteiger partial charge on any atom is 0.422 e. The van der Waals surface area contributed by atoms with Crippen molar-refractivity contribution in [3.05, 3.63) is 52.0 Å². The fourth-order valence-corrected chi connectivity index (χ4v) is 3.70. The summed E-state index contributed by atoms with van der Waals surface area (Å²) in [6.07, 6.45) is -9.50. The zero-order valence-corrected chi connectivity index (χ0v) is 17.5. The average molecular weight is 512 g/mol. The summed E-state index contributed by atoms with van der Waals surface area (Å²) in [7, 11) is -4.57. The minimum Gasteiger partial charge on any atom is -0.484 e. The highest BCUT2D eigenvalue weighted by atomic mass is 35.5. The molecule has 0 bridgehead atoms. The van der Waals surface area contributed by atoms with Gasteiger partial charge in [0.05, 0.1) is 0 Å². The lowest BCUT2D eigenvalue weighted by Crippen LogP contribution is -2.26. The standard InChI is InChI=1S/C17H13Cl2F6NO4S/c18-11-1-3-13(19)10(5-11)7-26-31(27,28)15-6-12(29-8-16(20,21)22)2-4-14(15)30-9-17(23,24)25/h1-6,26H,7-9H2. The zero-order chi connectivity index (χ0) is 23.4. The van der Waals surface area contributed by atoms with Crippen LogP contribution < -0.4 is 14.2 Å². The Balaban J connectivity index is 2.34. The van der Waals surface area contributed by atoms with Crippen molar-refractivity contribution in [2.75, 3.05) is 13.2 Å². The van der Waals surface area contributed by atoms with Crippen LogP contribution in [0.4, 0.5) is 26.3 Å². The van der Waals surface area contributed by atoms with Crippen molar-refractivity contribution < 1.29 is 44.2 Å². The first kappa shape index (κ1) is 25.4. The van der Waals surface area contributed by atoms with Crippen molar-refractivity contribution in [1.82, 2.24) is 4.72 Å². The summed E-state index contributed by atoms with van der Waals surface area (Å²) in [4.78, 5) is -0.852. The Morgan fingerprint density at radius 1 is 0.871 bits per heavy atom. The quantitative estimate of drug-likeness (QED) is 0.485. The van der Waals surface area contributed by atoms with Gasteiger partial charge in [-0.2, -0.15) is 26.3 Å². The number of hydrogen-bond acceptors (Lipinski definition) is 4. The molecule has 0 radical (unpaired) electrons. The molecule has 31 heavy (non-hydrogen) atoms. The largest absolute Gasteiger partial charge is 0.484 e. The lowest BCUT2D eigenvalue weighted by Gasteiger charge is -2.16. The topological polar surface area (TPSA) is 64.6 Å². The molecule has 14 heteroatoms. The molecule has 0 spiro atoms. The molecule has 0 aliphatic carbocycles. The molecule has 0 saturated carbocycles. The third-order valence-corrected chi connectivity index (χ3v) is 5.49. The van der Waals surface area contributed by atoms with Gasteiger partial charge in [-0.25, -0.2) is 13.1 Å². The van der Waals surface area contributed by atoms with Crippen LogP contribution in [0.3, 0.4) is 0 Å². The van der Waals surface area contributed by atoms with Crippen LogP contribution in [-0.2, 0) is 16.6 Å². The molecule has 5 nitrogen and oxygen atoms in total. The Hall–Kier alpha value is -1.89. The van der Waals surface area contributed by atoms with Crippen LogP contribution in [0, 0.1) is 0 Å². The Bertz CT molecular complexity index is 1030. The van der Waals surface area contributed by atoms with E-state index in [0.29, 0.717) is 6.07 Å². The number of alkyl halides is 6. The summed E-state index contributed by atoms with van der Waals surface area (Å²) in [5, 5.41) is 0.401. The minimum absolute atomic E-state index is 0.155. The van der Waals surface area contributed by atoms with Crippen LogP contribution in [0.2, 0.25) is 10.0 Å². The van der Waals surface area contributed by atoms with E-state index >= 15 is 0 Å². The first-order valence-electron chi connectivity index (χ1n) is 8.13. The zero-order valence-electron chi connectivity index (χ0n) is 15.2. The Labute approximate surface area is 182 Å². The molecule has 2 rings (SSSR count). The monoisotopic (exact) mass is 511 g/mol. The van der Waals surface area contributed by atoms with Crippen LogP contribution >= 0.6 is 23.2 Å². The molecule has 0 aliphatic heterocycles. The minimum atomic E-state index is -4.78. The maximum absolute atomic E-state index is 12.7.